The van der Waals surface area contributed by atoms with Crippen molar-refractivity contribution in [3.8, 4) is 5.75 Å². The monoisotopic (exact) mass is 284 g/mol. The minimum Gasteiger partial charge on any atom is -0.496 e. The molecule has 21 heavy (non-hydrogen) atoms. The van der Waals surface area contributed by atoms with Crippen LogP contribution in [-0.2, 0) is 4.79 Å². The van der Waals surface area contributed by atoms with E-state index in [4.69, 9.17) is 10.5 Å². The number of anilines is 2. The van der Waals surface area contributed by atoms with Gasteiger partial charge in [-0.25, -0.2) is 0 Å². The van der Waals surface area contributed by atoms with Gasteiger partial charge in [-0.3, -0.25) is 9.59 Å². The Morgan fingerprint density at radius 1 is 1.10 bits per heavy atom. The Hall–Kier alpha value is -2.82. The van der Waals surface area contributed by atoms with Crippen LogP contribution in [0, 0.1) is 0 Å². The highest BCUT2D eigenvalue weighted by atomic mass is 16.5. The molecule has 2 aromatic carbocycles. The number of ether oxygens (including phenoxy) is 1. The largest absolute Gasteiger partial charge is 0.496 e. The van der Waals surface area contributed by atoms with Gasteiger partial charge in [0, 0.05) is 23.9 Å². The van der Waals surface area contributed by atoms with Gasteiger partial charge in [-0.15, -0.1) is 0 Å². The van der Waals surface area contributed by atoms with E-state index in [1.54, 1.807) is 42.5 Å². The van der Waals surface area contributed by atoms with Gasteiger partial charge in [0.25, 0.3) is 0 Å². The van der Waals surface area contributed by atoms with Gasteiger partial charge in [-0.05, 0) is 42.5 Å². The smallest absolute Gasteiger partial charge is 0.221 e. The Labute approximate surface area is 122 Å². The minimum absolute atomic E-state index is 0.161. The summed E-state index contributed by atoms with van der Waals surface area (Å²) in [7, 11) is 1.50. The number of carbonyl (C=O) groups excluding carboxylic acids is 2. The summed E-state index contributed by atoms with van der Waals surface area (Å²) in [6.07, 6.45) is 0. The molecule has 1 amide bonds. The molecule has 0 aliphatic rings. The van der Waals surface area contributed by atoms with Crippen molar-refractivity contribution in [2.75, 3.05) is 18.2 Å². The van der Waals surface area contributed by atoms with Crippen LogP contribution in [0.3, 0.4) is 0 Å². The number of ketones is 1. The van der Waals surface area contributed by atoms with Crippen LogP contribution in [0.25, 0.3) is 0 Å². The second kappa shape index (κ2) is 6.09. The van der Waals surface area contributed by atoms with Crippen molar-refractivity contribution in [3.05, 3.63) is 53.6 Å². The molecule has 0 aliphatic heterocycles. The van der Waals surface area contributed by atoms with E-state index in [9.17, 15) is 9.59 Å². The Morgan fingerprint density at radius 3 is 2.33 bits per heavy atom. The lowest BCUT2D eigenvalue weighted by Crippen LogP contribution is -2.07. The van der Waals surface area contributed by atoms with E-state index in [1.807, 2.05) is 0 Å². The van der Waals surface area contributed by atoms with Crippen molar-refractivity contribution in [2.24, 2.45) is 0 Å². The van der Waals surface area contributed by atoms with Crippen molar-refractivity contribution in [3.63, 3.8) is 0 Å². The maximum absolute atomic E-state index is 12.5. The number of hydrogen-bond donors (Lipinski definition) is 2. The first kappa shape index (κ1) is 14.6. The molecule has 0 spiro atoms. The van der Waals surface area contributed by atoms with E-state index in [2.05, 4.69) is 5.32 Å². The topological polar surface area (TPSA) is 81.4 Å². The van der Waals surface area contributed by atoms with E-state index >= 15 is 0 Å². The lowest BCUT2D eigenvalue weighted by Gasteiger charge is -2.09. The third-order valence-corrected chi connectivity index (χ3v) is 2.94. The number of hydrogen-bond acceptors (Lipinski definition) is 4. The van der Waals surface area contributed by atoms with Gasteiger partial charge in [0.2, 0.25) is 5.91 Å². The number of amides is 1. The van der Waals surface area contributed by atoms with E-state index in [0.29, 0.717) is 28.3 Å². The fourth-order valence-electron chi connectivity index (χ4n) is 1.97. The van der Waals surface area contributed by atoms with Gasteiger partial charge in [-0.1, -0.05) is 0 Å². The van der Waals surface area contributed by atoms with Crippen molar-refractivity contribution < 1.29 is 14.3 Å². The van der Waals surface area contributed by atoms with E-state index in [1.165, 1.54) is 14.0 Å². The molecule has 0 bridgehead atoms. The van der Waals surface area contributed by atoms with Crippen molar-refractivity contribution in [2.45, 2.75) is 6.92 Å². The van der Waals surface area contributed by atoms with Crippen LogP contribution >= 0.6 is 0 Å². The zero-order valence-electron chi connectivity index (χ0n) is 11.8. The predicted molar refractivity (Wildman–Crippen MR) is 81.6 cm³/mol. The van der Waals surface area contributed by atoms with Crippen LogP contribution in [0.5, 0.6) is 5.75 Å². The average molecular weight is 284 g/mol. The van der Waals surface area contributed by atoms with Crippen LogP contribution in [0.4, 0.5) is 11.4 Å². The van der Waals surface area contributed by atoms with Crippen LogP contribution in [0.15, 0.2) is 42.5 Å². The normalized spacial score (nSPS) is 10.0. The molecule has 0 unspecified atom stereocenters. The first-order valence-corrected chi connectivity index (χ1v) is 6.37. The van der Waals surface area contributed by atoms with Crippen LogP contribution in [0.2, 0.25) is 0 Å². The molecule has 2 rings (SSSR count). The molecule has 5 heteroatoms. The molecule has 0 saturated heterocycles. The Morgan fingerprint density at radius 2 is 1.76 bits per heavy atom. The van der Waals surface area contributed by atoms with Crippen LogP contribution in [-0.4, -0.2) is 18.8 Å². The molecule has 5 nitrogen and oxygen atoms in total. The molecule has 0 atom stereocenters. The van der Waals surface area contributed by atoms with E-state index in [-0.39, 0.29) is 11.7 Å². The van der Waals surface area contributed by atoms with E-state index in [0.717, 1.165) is 0 Å². The minimum atomic E-state index is -0.187. The van der Waals surface area contributed by atoms with Crippen molar-refractivity contribution >= 4 is 23.1 Å². The SMILES string of the molecule is COc1ccc(N)cc1C(=O)c1ccc(NC(C)=O)cc1. The number of carbonyl (C=O) groups is 2. The van der Waals surface area contributed by atoms with E-state index < -0.39 is 0 Å². The molecule has 0 radical (unpaired) electrons. The fraction of sp³-hybridized carbons (Fsp3) is 0.125. The summed E-state index contributed by atoms with van der Waals surface area (Å²) in [5.41, 5.74) is 7.75. The van der Waals surface area contributed by atoms with Crippen molar-refractivity contribution in [1.29, 1.82) is 0 Å². The summed E-state index contributed by atoms with van der Waals surface area (Å²) in [5, 5.41) is 2.65. The van der Waals surface area contributed by atoms with Gasteiger partial charge in [0.05, 0.1) is 12.7 Å². The maximum Gasteiger partial charge on any atom is 0.221 e. The number of nitrogens with one attached hydrogen (secondary N) is 1. The molecule has 0 fully saturated rings. The first-order chi connectivity index (χ1) is 10.0. The highest BCUT2D eigenvalue weighted by molar-refractivity contribution is 6.11. The molecule has 3 N–H and O–H groups in total. The van der Waals surface area contributed by atoms with Gasteiger partial charge in [0.15, 0.2) is 5.78 Å². The molecule has 108 valence electrons. The van der Waals surface area contributed by atoms with Crippen LogP contribution in [0.1, 0.15) is 22.8 Å². The molecule has 2 aromatic rings. The Kier molecular flexibility index (Phi) is 4.23. The first-order valence-electron chi connectivity index (χ1n) is 6.37. The van der Waals surface area contributed by atoms with Gasteiger partial charge in [-0.2, -0.15) is 0 Å². The number of nitrogen functional groups attached to an aromatic ring is 1. The summed E-state index contributed by atoms with van der Waals surface area (Å²) in [4.78, 5) is 23.5. The zero-order chi connectivity index (χ0) is 15.4. The van der Waals surface area contributed by atoms with Crippen LogP contribution < -0.4 is 15.8 Å². The number of benzene rings is 2. The molecule has 0 aliphatic carbocycles. The maximum atomic E-state index is 12.5. The second-order valence-corrected chi connectivity index (χ2v) is 4.55. The van der Waals surface area contributed by atoms with Gasteiger partial charge in [0.1, 0.15) is 5.75 Å². The number of methoxy groups -OCH3 is 1. The van der Waals surface area contributed by atoms with Crippen molar-refractivity contribution in [1.82, 2.24) is 0 Å². The summed E-state index contributed by atoms with van der Waals surface area (Å²) >= 11 is 0. The molecular weight excluding hydrogens is 268 g/mol. The number of nitrogens with two attached hydrogens (primary N) is 1. The third kappa shape index (κ3) is 3.39. The highest BCUT2D eigenvalue weighted by Crippen LogP contribution is 2.24. The zero-order valence-corrected chi connectivity index (χ0v) is 11.8. The Bertz CT molecular complexity index is 678. The third-order valence-electron chi connectivity index (χ3n) is 2.94. The second-order valence-electron chi connectivity index (χ2n) is 4.55. The summed E-state index contributed by atoms with van der Waals surface area (Å²) in [6, 6.07) is 11.6. The fourth-order valence-corrected chi connectivity index (χ4v) is 1.97. The summed E-state index contributed by atoms with van der Waals surface area (Å²) < 4.78 is 5.19. The Balaban J connectivity index is 2.32. The molecule has 0 saturated carbocycles. The number of rotatable bonds is 4. The quantitative estimate of drug-likeness (QED) is 0.667. The summed E-state index contributed by atoms with van der Waals surface area (Å²) in [5.74, 6) is 0.125. The molecule has 0 aromatic heterocycles. The highest BCUT2D eigenvalue weighted by Gasteiger charge is 2.15. The molecular formula is C16H16N2O3. The van der Waals surface area contributed by atoms with Gasteiger partial charge < -0.3 is 15.8 Å². The lowest BCUT2D eigenvalue weighted by molar-refractivity contribution is -0.114. The summed E-state index contributed by atoms with van der Waals surface area (Å²) in [6.45, 7) is 1.43. The lowest BCUT2D eigenvalue weighted by atomic mass is 10.0. The molecule has 0 heterocycles. The van der Waals surface area contributed by atoms with Gasteiger partial charge >= 0.3 is 0 Å². The standard InChI is InChI=1S/C16H16N2O3/c1-10(19)18-13-6-3-11(4-7-13)16(20)14-9-12(17)5-8-15(14)21-2/h3-9H,17H2,1-2H3,(H,18,19). The predicted octanol–water partition coefficient (Wildman–Crippen LogP) is 2.47. The average Bonchev–Trinajstić information content (AvgIpc) is 2.46.